The Kier molecular flexibility index (Phi) is 4.04. The standard InChI is InChI=1S/C16H22BrFN2/c1-11(2)16-10-19-7-3-4-13(19)9-20(16)15-8-12(18)5-6-14(15)17/h5-6,8,11,13,16H,3-4,7,9-10H2,1-2H3. The minimum absolute atomic E-state index is 0.153. The second-order valence-electron chi connectivity index (χ2n) is 6.35. The van der Waals surface area contributed by atoms with E-state index >= 15 is 0 Å². The van der Waals surface area contributed by atoms with Crippen LogP contribution in [-0.4, -0.2) is 36.6 Å². The van der Waals surface area contributed by atoms with Gasteiger partial charge in [0, 0.05) is 29.6 Å². The average Bonchev–Trinajstić information content (AvgIpc) is 2.87. The van der Waals surface area contributed by atoms with E-state index in [1.165, 1.54) is 25.5 Å². The lowest BCUT2D eigenvalue weighted by Gasteiger charge is -2.47. The van der Waals surface area contributed by atoms with Gasteiger partial charge in [-0.1, -0.05) is 13.8 Å². The number of anilines is 1. The van der Waals surface area contributed by atoms with Gasteiger partial charge in [-0.3, -0.25) is 4.90 Å². The molecule has 0 bridgehead atoms. The Morgan fingerprint density at radius 2 is 2.10 bits per heavy atom. The normalized spacial score (nSPS) is 27.1. The van der Waals surface area contributed by atoms with Crippen LogP contribution >= 0.6 is 15.9 Å². The maximum Gasteiger partial charge on any atom is 0.125 e. The highest BCUT2D eigenvalue weighted by molar-refractivity contribution is 9.10. The van der Waals surface area contributed by atoms with Crippen LogP contribution in [-0.2, 0) is 0 Å². The summed E-state index contributed by atoms with van der Waals surface area (Å²) in [5.74, 6) is 0.409. The molecule has 110 valence electrons. The number of nitrogens with zero attached hydrogens (tertiary/aromatic N) is 2. The Morgan fingerprint density at radius 3 is 2.85 bits per heavy atom. The first-order valence-electron chi connectivity index (χ1n) is 7.52. The SMILES string of the molecule is CC(C)C1CN2CCCC2CN1c1cc(F)ccc1Br. The lowest BCUT2D eigenvalue weighted by Crippen LogP contribution is -2.58. The van der Waals surface area contributed by atoms with E-state index in [4.69, 9.17) is 0 Å². The molecule has 0 radical (unpaired) electrons. The summed E-state index contributed by atoms with van der Waals surface area (Å²) < 4.78 is 14.6. The molecule has 0 N–H and O–H groups in total. The van der Waals surface area contributed by atoms with Crippen molar-refractivity contribution in [2.24, 2.45) is 5.92 Å². The second kappa shape index (κ2) is 5.64. The highest BCUT2D eigenvalue weighted by Crippen LogP contribution is 2.35. The van der Waals surface area contributed by atoms with Crippen molar-refractivity contribution in [3.8, 4) is 0 Å². The van der Waals surface area contributed by atoms with Crippen molar-refractivity contribution >= 4 is 21.6 Å². The van der Waals surface area contributed by atoms with Crippen molar-refractivity contribution in [2.75, 3.05) is 24.5 Å². The van der Waals surface area contributed by atoms with Gasteiger partial charge in [-0.2, -0.15) is 0 Å². The van der Waals surface area contributed by atoms with Crippen molar-refractivity contribution in [3.63, 3.8) is 0 Å². The zero-order valence-corrected chi connectivity index (χ0v) is 13.7. The third kappa shape index (κ3) is 2.60. The Labute approximate surface area is 129 Å². The van der Waals surface area contributed by atoms with Gasteiger partial charge in [-0.15, -0.1) is 0 Å². The Hall–Kier alpha value is -0.610. The van der Waals surface area contributed by atoms with Crippen LogP contribution in [0.5, 0.6) is 0 Å². The number of halogens is 2. The van der Waals surface area contributed by atoms with Gasteiger partial charge in [-0.05, 0) is 59.4 Å². The monoisotopic (exact) mass is 340 g/mol. The first kappa shape index (κ1) is 14.3. The van der Waals surface area contributed by atoms with Crippen LogP contribution in [0.25, 0.3) is 0 Å². The smallest absolute Gasteiger partial charge is 0.125 e. The summed E-state index contributed by atoms with van der Waals surface area (Å²) in [6.45, 7) is 7.88. The summed E-state index contributed by atoms with van der Waals surface area (Å²) in [4.78, 5) is 5.04. The van der Waals surface area contributed by atoms with E-state index in [9.17, 15) is 4.39 Å². The zero-order valence-electron chi connectivity index (χ0n) is 12.1. The van der Waals surface area contributed by atoms with Gasteiger partial charge in [0.15, 0.2) is 0 Å². The molecule has 2 nitrogen and oxygen atoms in total. The summed E-state index contributed by atoms with van der Waals surface area (Å²) in [7, 11) is 0. The van der Waals surface area contributed by atoms with E-state index in [2.05, 4.69) is 39.6 Å². The quantitative estimate of drug-likeness (QED) is 0.805. The maximum atomic E-state index is 13.6. The van der Waals surface area contributed by atoms with E-state index in [1.807, 2.05) is 6.07 Å². The average molecular weight is 341 g/mol. The fourth-order valence-corrected chi connectivity index (χ4v) is 4.07. The van der Waals surface area contributed by atoms with Crippen LogP contribution in [0.4, 0.5) is 10.1 Å². The third-order valence-electron chi connectivity index (χ3n) is 4.72. The van der Waals surface area contributed by atoms with Crippen LogP contribution in [0.2, 0.25) is 0 Å². The molecular formula is C16H22BrFN2. The number of fused-ring (bicyclic) bond motifs is 1. The fraction of sp³-hybridized carbons (Fsp3) is 0.625. The molecule has 2 unspecified atom stereocenters. The molecule has 0 spiro atoms. The minimum atomic E-state index is -0.153. The van der Waals surface area contributed by atoms with Crippen LogP contribution in [0.15, 0.2) is 22.7 Å². The molecule has 1 aromatic carbocycles. The van der Waals surface area contributed by atoms with Gasteiger partial charge in [0.1, 0.15) is 5.82 Å². The first-order chi connectivity index (χ1) is 9.56. The van der Waals surface area contributed by atoms with Crippen molar-refractivity contribution in [1.29, 1.82) is 0 Å². The summed E-state index contributed by atoms with van der Waals surface area (Å²) in [6.07, 6.45) is 2.57. The molecule has 1 aromatic rings. The molecule has 20 heavy (non-hydrogen) atoms. The van der Waals surface area contributed by atoms with E-state index in [-0.39, 0.29) is 5.82 Å². The molecule has 4 heteroatoms. The molecule has 0 saturated carbocycles. The number of benzene rings is 1. The molecule has 3 rings (SSSR count). The molecule has 0 amide bonds. The summed E-state index contributed by atoms with van der Waals surface area (Å²) in [5, 5.41) is 0. The van der Waals surface area contributed by atoms with Gasteiger partial charge < -0.3 is 4.90 Å². The fourth-order valence-electron chi connectivity index (χ4n) is 3.60. The molecule has 0 aliphatic carbocycles. The summed E-state index contributed by atoms with van der Waals surface area (Å²) >= 11 is 3.59. The molecule has 2 heterocycles. The second-order valence-corrected chi connectivity index (χ2v) is 7.20. The maximum absolute atomic E-state index is 13.6. The third-order valence-corrected chi connectivity index (χ3v) is 5.39. The molecule has 2 aliphatic heterocycles. The molecule has 2 saturated heterocycles. The predicted octanol–water partition coefficient (Wildman–Crippen LogP) is 3.90. The van der Waals surface area contributed by atoms with E-state index in [0.29, 0.717) is 18.0 Å². The molecule has 2 atom stereocenters. The lowest BCUT2D eigenvalue weighted by atomic mass is 9.96. The largest absolute Gasteiger partial charge is 0.364 e. The molecule has 0 aromatic heterocycles. The van der Waals surface area contributed by atoms with Crippen molar-refractivity contribution in [2.45, 2.75) is 38.8 Å². The lowest BCUT2D eigenvalue weighted by molar-refractivity contribution is 0.176. The first-order valence-corrected chi connectivity index (χ1v) is 8.31. The van der Waals surface area contributed by atoms with Gasteiger partial charge in [0.2, 0.25) is 0 Å². The van der Waals surface area contributed by atoms with E-state index in [0.717, 1.165) is 23.2 Å². The minimum Gasteiger partial charge on any atom is -0.364 e. The van der Waals surface area contributed by atoms with E-state index < -0.39 is 0 Å². The Morgan fingerprint density at radius 1 is 1.30 bits per heavy atom. The van der Waals surface area contributed by atoms with Crippen LogP contribution in [0.3, 0.4) is 0 Å². The van der Waals surface area contributed by atoms with Crippen molar-refractivity contribution < 1.29 is 4.39 Å². The zero-order chi connectivity index (χ0) is 14.3. The number of hydrogen-bond acceptors (Lipinski definition) is 2. The van der Waals surface area contributed by atoms with Gasteiger partial charge >= 0.3 is 0 Å². The van der Waals surface area contributed by atoms with Crippen molar-refractivity contribution in [3.05, 3.63) is 28.5 Å². The number of piperazine rings is 1. The van der Waals surface area contributed by atoms with Gasteiger partial charge in [0.05, 0.1) is 5.69 Å². The van der Waals surface area contributed by atoms with Crippen molar-refractivity contribution in [1.82, 2.24) is 4.90 Å². The Bertz CT molecular complexity index is 491. The van der Waals surface area contributed by atoms with Crippen LogP contribution in [0, 0.1) is 11.7 Å². The number of rotatable bonds is 2. The van der Waals surface area contributed by atoms with E-state index in [1.54, 1.807) is 6.07 Å². The predicted molar refractivity (Wildman–Crippen MR) is 84.7 cm³/mol. The van der Waals surface area contributed by atoms with Gasteiger partial charge in [0.25, 0.3) is 0 Å². The topological polar surface area (TPSA) is 6.48 Å². The van der Waals surface area contributed by atoms with Crippen LogP contribution < -0.4 is 4.90 Å². The van der Waals surface area contributed by atoms with Gasteiger partial charge in [-0.25, -0.2) is 4.39 Å². The Balaban J connectivity index is 1.93. The highest BCUT2D eigenvalue weighted by Gasteiger charge is 2.38. The highest BCUT2D eigenvalue weighted by atomic mass is 79.9. The molecule has 2 fully saturated rings. The summed E-state index contributed by atoms with van der Waals surface area (Å²) in [6, 6.07) is 6.11. The number of hydrogen-bond donors (Lipinski definition) is 0. The van der Waals surface area contributed by atoms with Crippen LogP contribution in [0.1, 0.15) is 26.7 Å². The summed E-state index contributed by atoms with van der Waals surface area (Å²) in [5.41, 5.74) is 1.01. The molecule has 2 aliphatic rings. The molecular weight excluding hydrogens is 319 g/mol.